The number of aromatic amines is 1. The Bertz CT molecular complexity index is 1830. The highest BCUT2D eigenvalue weighted by molar-refractivity contribution is 6.04. The van der Waals surface area contributed by atoms with Crippen molar-refractivity contribution in [3.63, 3.8) is 0 Å². The van der Waals surface area contributed by atoms with Gasteiger partial charge in [-0.3, -0.25) is 14.4 Å². The van der Waals surface area contributed by atoms with Crippen molar-refractivity contribution in [2.45, 2.75) is 25.8 Å². The lowest BCUT2D eigenvalue weighted by Crippen LogP contribution is -2.18. The molecular formula is C32H28FN5O3. The Morgan fingerprint density at radius 3 is 2.34 bits per heavy atom. The number of aryl methyl sites for hydroxylation is 1. The summed E-state index contributed by atoms with van der Waals surface area (Å²) >= 11 is 0. The highest BCUT2D eigenvalue weighted by Gasteiger charge is 2.26. The van der Waals surface area contributed by atoms with Crippen LogP contribution in [0.2, 0.25) is 0 Å². The topological polar surface area (TPSA) is 99.2 Å². The summed E-state index contributed by atoms with van der Waals surface area (Å²) in [6.45, 7) is 0.458. The number of hydrogen-bond donors (Lipinski definition) is 3. The Labute approximate surface area is 235 Å². The van der Waals surface area contributed by atoms with E-state index in [9.17, 15) is 18.8 Å². The fourth-order valence-corrected chi connectivity index (χ4v) is 5.40. The summed E-state index contributed by atoms with van der Waals surface area (Å²) in [6, 6.07) is 21.1. The first kappa shape index (κ1) is 26.1. The number of benzene rings is 3. The normalized spacial score (nSPS) is 12.1. The number of carbonyl (C=O) groups excluding carboxylic acids is 2. The molecule has 3 aromatic carbocycles. The van der Waals surface area contributed by atoms with Crippen LogP contribution in [0.1, 0.15) is 24.8 Å². The first-order valence-corrected chi connectivity index (χ1v) is 13.4. The summed E-state index contributed by atoms with van der Waals surface area (Å²) in [4.78, 5) is 42.7. The monoisotopic (exact) mass is 549 g/mol. The molecule has 206 valence electrons. The molecule has 2 aromatic heterocycles. The molecule has 0 spiro atoms. The van der Waals surface area contributed by atoms with Gasteiger partial charge in [-0.2, -0.15) is 0 Å². The number of nitrogens with one attached hydrogen (secondary N) is 3. The van der Waals surface area contributed by atoms with E-state index >= 15 is 0 Å². The molecule has 1 aliphatic heterocycles. The predicted octanol–water partition coefficient (Wildman–Crippen LogP) is 6.07. The van der Waals surface area contributed by atoms with Gasteiger partial charge in [-0.05, 0) is 66.6 Å². The molecule has 2 amide bonds. The third-order valence-corrected chi connectivity index (χ3v) is 7.29. The maximum atomic E-state index is 13.8. The maximum absolute atomic E-state index is 13.8. The minimum Gasteiger partial charge on any atom is -0.345 e. The second-order valence-corrected chi connectivity index (χ2v) is 10.1. The Kier molecular flexibility index (Phi) is 6.84. The lowest BCUT2D eigenvalue weighted by Gasteiger charge is -2.26. The third kappa shape index (κ3) is 5.21. The first-order chi connectivity index (χ1) is 19.9. The van der Waals surface area contributed by atoms with Crippen molar-refractivity contribution in [2.75, 3.05) is 15.5 Å². The lowest BCUT2D eigenvalue weighted by atomic mass is 10.0. The van der Waals surface area contributed by atoms with E-state index in [0.29, 0.717) is 24.2 Å². The van der Waals surface area contributed by atoms with Gasteiger partial charge in [0, 0.05) is 71.5 Å². The fourth-order valence-electron chi connectivity index (χ4n) is 5.40. The number of amides is 2. The van der Waals surface area contributed by atoms with Crippen LogP contribution in [-0.4, -0.2) is 21.4 Å². The molecule has 0 atom stereocenters. The van der Waals surface area contributed by atoms with Crippen LogP contribution in [0.5, 0.6) is 0 Å². The van der Waals surface area contributed by atoms with E-state index in [-0.39, 0.29) is 36.0 Å². The molecule has 0 saturated heterocycles. The molecule has 5 aromatic rings. The molecule has 0 unspecified atom stereocenters. The van der Waals surface area contributed by atoms with Crippen LogP contribution in [0.3, 0.4) is 0 Å². The summed E-state index contributed by atoms with van der Waals surface area (Å²) in [6.07, 6.45) is 4.48. The van der Waals surface area contributed by atoms with Crippen molar-refractivity contribution in [2.24, 2.45) is 7.05 Å². The molecule has 0 aliphatic carbocycles. The van der Waals surface area contributed by atoms with Crippen LogP contribution in [0.4, 0.5) is 27.1 Å². The van der Waals surface area contributed by atoms with E-state index in [0.717, 1.165) is 39.1 Å². The van der Waals surface area contributed by atoms with E-state index in [1.165, 1.54) is 12.1 Å². The van der Waals surface area contributed by atoms with Gasteiger partial charge in [0.15, 0.2) is 0 Å². The Morgan fingerprint density at radius 1 is 0.902 bits per heavy atom. The molecule has 8 nitrogen and oxygen atoms in total. The van der Waals surface area contributed by atoms with Crippen LogP contribution in [0.15, 0.2) is 90.0 Å². The number of carbonyl (C=O) groups is 2. The van der Waals surface area contributed by atoms with Crippen LogP contribution in [-0.2, 0) is 23.2 Å². The van der Waals surface area contributed by atoms with E-state index in [2.05, 4.69) is 20.5 Å². The minimum atomic E-state index is -0.324. The van der Waals surface area contributed by atoms with Crippen molar-refractivity contribution < 1.29 is 14.0 Å². The zero-order valence-electron chi connectivity index (χ0n) is 22.4. The number of hydrogen-bond acceptors (Lipinski definition) is 4. The second kappa shape index (κ2) is 10.8. The third-order valence-electron chi connectivity index (χ3n) is 7.29. The molecule has 0 radical (unpaired) electrons. The van der Waals surface area contributed by atoms with Gasteiger partial charge in [-0.25, -0.2) is 4.39 Å². The van der Waals surface area contributed by atoms with E-state index in [1.807, 2.05) is 66.3 Å². The number of fused-ring (bicyclic) bond motifs is 2. The van der Waals surface area contributed by atoms with Crippen molar-refractivity contribution in [3.8, 4) is 11.1 Å². The summed E-state index contributed by atoms with van der Waals surface area (Å²) in [5.74, 6) is -0.664. The van der Waals surface area contributed by atoms with Gasteiger partial charge >= 0.3 is 0 Å². The van der Waals surface area contributed by atoms with Gasteiger partial charge in [0.1, 0.15) is 11.3 Å². The smallest absolute Gasteiger partial charge is 0.272 e. The van der Waals surface area contributed by atoms with Gasteiger partial charge in [0.05, 0.1) is 6.54 Å². The number of nitrogens with zero attached hydrogens (tertiary/aromatic N) is 2. The molecular weight excluding hydrogens is 521 g/mol. The molecule has 9 heteroatoms. The molecule has 1 aliphatic rings. The van der Waals surface area contributed by atoms with Gasteiger partial charge in [-0.15, -0.1) is 0 Å². The highest BCUT2D eigenvalue weighted by Crippen LogP contribution is 2.44. The second-order valence-electron chi connectivity index (χ2n) is 10.1. The van der Waals surface area contributed by atoms with Gasteiger partial charge < -0.3 is 25.1 Å². The molecule has 3 heterocycles. The average Bonchev–Trinajstić information content (AvgIpc) is 3.25. The van der Waals surface area contributed by atoms with Crippen LogP contribution >= 0.6 is 0 Å². The quantitative estimate of drug-likeness (QED) is 0.229. The molecule has 0 fully saturated rings. The number of H-pyrrole nitrogens is 1. The number of pyridine rings is 1. The highest BCUT2D eigenvalue weighted by atomic mass is 19.1. The minimum absolute atomic E-state index is 0.142. The molecule has 0 saturated carbocycles. The maximum Gasteiger partial charge on any atom is 0.272 e. The Hall–Kier alpha value is -5.18. The predicted molar refractivity (Wildman–Crippen MR) is 159 cm³/mol. The number of rotatable bonds is 7. The summed E-state index contributed by atoms with van der Waals surface area (Å²) in [7, 11) is 1.84. The van der Waals surface area contributed by atoms with Crippen molar-refractivity contribution in [1.29, 1.82) is 0 Å². The van der Waals surface area contributed by atoms with Crippen LogP contribution in [0, 0.1) is 5.82 Å². The Balaban J connectivity index is 1.27. The van der Waals surface area contributed by atoms with Gasteiger partial charge in [-0.1, -0.05) is 18.2 Å². The van der Waals surface area contributed by atoms with Crippen LogP contribution in [0.25, 0.3) is 22.0 Å². The molecule has 41 heavy (non-hydrogen) atoms. The zero-order valence-corrected chi connectivity index (χ0v) is 22.4. The van der Waals surface area contributed by atoms with Crippen LogP contribution < -0.4 is 21.1 Å². The largest absolute Gasteiger partial charge is 0.345 e. The average molecular weight is 550 g/mol. The summed E-state index contributed by atoms with van der Waals surface area (Å²) < 4.78 is 15.6. The van der Waals surface area contributed by atoms with E-state index in [4.69, 9.17) is 0 Å². The number of aromatic nitrogens is 2. The number of para-hydroxylation sites is 1. The number of anilines is 4. The summed E-state index contributed by atoms with van der Waals surface area (Å²) in [5, 5.41) is 6.63. The van der Waals surface area contributed by atoms with E-state index < -0.39 is 0 Å². The van der Waals surface area contributed by atoms with Gasteiger partial charge in [0.2, 0.25) is 11.8 Å². The fraction of sp³-hybridized carbons (Fsp3) is 0.156. The number of halogens is 1. The standard InChI is InChI=1S/C32H28FN5O3/c1-37-19-26-25-16-23(36-29(40)9-5-8-28(39)35-22-6-3-2-4-7-22)12-15-27(25)38(24-13-10-21(33)11-14-24)18-20-17-34-32(41)31(37)30(20)26/h2-4,6-7,10-17,19H,5,8-9,18H2,1H3,(H,34,41)(H,35,39)(H,36,40). The Morgan fingerprint density at radius 2 is 1.61 bits per heavy atom. The lowest BCUT2D eigenvalue weighted by molar-refractivity contribution is -0.117. The van der Waals surface area contributed by atoms with Crippen molar-refractivity contribution in [1.82, 2.24) is 9.55 Å². The first-order valence-electron chi connectivity index (χ1n) is 13.4. The van der Waals surface area contributed by atoms with Crippen molar-refractivity contribution >= 4 is 45.5 Å². The molecule has 3 N–H and O–H groups in total. The van der Waals surface area contributed by atoms with E-state index in [1.54, 1.807) is 18.3 Å². The molecule has 6 rings (SSSR count). The SMILES string of the molecule is Cn1cc2c3c(c[nH]c(=O)c31)CN(c1ccc(F)cc1)c1ccc(NC(=O)CCCC(=O)Nc3ccccc3)cc1-2. The summed E-state index contributed by atoms with van der Waals surface area (Å²) in [5.41, 5.74) is 6.00. The van der Waals surface area contributed by atoms with Crippen molar-refractivity contribution in [3.05, 3.63) is 107 Å². The molecule has 0 bridgehead atoms. The zero-order chi connectivity index (χ0) is 28.5. The van der Waals surface area contributed by atoms with Gasteiger partial charge in [0.25, 0.3) is 5.56 Å².